The van der Waals surface area contributed by atoms with Gasteiger partial charge in [0.05, 0.1) is 22.0 Å². The minimum absolute atomic E-state index is 0.0601. The van der Waals surface area contributed by atoms with Gasteiger partial charge in [0.25, 0.3) is 0 Å². The predicted molar refractivity (Wildman–Crippen MR) is 101 cm³/mol. The van der Waals surface area contributed by atoms with Gasteiger partial charge in [-0.25, -0.2) is 4.98 Å². The van der Waals surface area contributed by atoms with Crippen molar-refractivity contribution in [1.82, 2.24) is 15.3 Å². The van der Waals surface area contributed by atoms with Crippen LogP contribution in [0.3, 0.4) is 0 Å². The summed E-state index contributed by atoms with van der Waals surface area (Å²) in [6.07, 6.45) is 3.53. The number of carbonyl (C=O) groups excluding carboxylic acids is 1. The lowest BCUT2D eigenvalue weighted by molar-refractivity contribution is -0.120. The highest BCUT2D eigenvalue weighted by Crippen LogP contribution is 2.22. The number of carbonyl (C=O) groups is 1. The average Bonchev–Trinajstić information content (AvgIpc) is 2.60. The van der Waals surface area contributed by atoms with Crippen molar-refractivity contribution in [3.05, 3.63) is 64.4 Å². The number of hydrogen-bond acceptors (Lipinski definition) is 4. The van der Waals surface area contributed by atoms with E-state index in [1.54, 1.807) is 12.3 Å². The van der Waals surface area contributed by atoms with E-state index in [1.807, 2.05) is 30.3 Å². The molecule has 2 N–H and O–H groups in total. The highest BCUT2D eigenvalue weighted by atomic mass is 35.5. The number of anilines is 1. The molecule has 0 saturated carbocycles. The van der Waals surface area contributed by atoms with Crippen LogP contribution < -0.4 is 10.6 Å². The van der Waals surface area contributed by atoms with E-state index in [1.165, 1.54) is 6.20 Å². The number of benzene rings is 1. The normalized spacial score (nSPS) is 10.6. The Bertz CT molecular complexity index is 896. The lowest BCUT2D eigenvalue weighted by Gasteiger charge is -2.09. The Morgan fingerprint density at radius 1 is 1.08 bits per heavy atom. The molecule has 128 valence electrons. The number of nitrogens with one attached hydrogen (secondary N) is 2. The van der Waals surface area contributed by atoms with Crippen molar-refractivity contribution in [2.24, 2.45) is 0 Å². The molecule has 0 aliphatic heterocycles. The second-order valence-corrected chi connectivity index (χ2v) is 6.27. The lowest BCUT2D eigenvalue weighted by Crippen LogP contribution is -2.30. The average molecular weight is 375 g/mol. The molecule has 1 amide bonds. The summed E-state index contributed by atoms with van der Waals surface area (Å²) < 4.78 is 0. The van der Waals surface area contributed by atoms with Crippen LogP contribution in [0.15, 0.2) is 48.8 Å². The van der Waals surface area contributed by atoms with E-state index in [4.69, 9.17) is 23.2 Å². The van der Waals surface area contributed by atoms with E-state index in [-0.39, 0.29) is 12.3 Å². The maximum Gasteiger partial charge on any atom is 0.224 e. The first kappa shape index (κ1) is 17.5. The zero-order valence-corrected chi connectivity index (χ0v) is 14.8. The van der Waals surface area contributed by atoms with Gasteiger partial charge in [-0.15, -0.1) is 0 Å². The monoisotopic (exact) mass is 374 g/mol. The molecule has 3 rings (SSSR count). The second kappa shape index (κ2) is 8.14. The Labute approximate surface area is 155 Å². The summed E-state index contributed by atoms with van der Waals surface area (Å²) >= 11 is 11.8. The first-order valence-electron chi connectivity index (χ1n) is 7.78. The maximum atomic E-state index is 12.2. The van der Waals surface area contributed by atoms with Gasteiger partial charge in [0.1, 0.15) is 5.82 Å². The summed E-state index contributed by atoms with van der Waals surface area (Å²) in [6, 6.07) is 11.3. The number of fused-ring (bicyclic) bond motifs is 1. The first-order valence-corrected chi connectivity index (χ1v) is 8.53. The third-order valence-corrected chi connectivity index (χ3v) is 4.11. The number of para-hydroxylation sites is 1. The highest BCUT2D eigenvalue weighted by Gasteiger charge is 2.08. The van der Waals surface area contributed by atoms with Gasteiger partial charge in [0.15, 0.2) is 0 Å². The Kier molecular flexibility index (Phi) is 5.68. The van der Waals surface area contributed by atoms with Crippen molar-refractivity contribution in [2.75, 3.05) is 18.4 Å². The number of aromatic nitrogens is 2. The minimum Gasteiger partial charge on any atom is -0.367 e. The van der Waals surface area contributed by atoms with Crippen molar-refractivity contribution in [2.45, 2.75) is 6.42 Å². The van der Waals surface area contributed by atoms with Crippen LogP contribution in [0.5, 0.6) is 0 Å². The van der Waals surface area contributed by atoms with Crippen molar-refractivity contribution < 1.29 is 4.79 Å². The Balaban J connectivity index is 1.51. The molecule has 0 atom stereocenters. The smallest absolute Gasteiger partial charge is 0.224 e. The van der Waals surface area contributed by atoms with E-state index in [0.717, 1.165) is 16.5 Å². The Hall–Kier alpha value is -2.37. The summed E-state index contributed by atoms with van der Waals surface area (Å²) in [5.74, 6) is 0.480. The molecule has 7 heteroatoms. The molecule has 0 radical (unpaired) electrons. The largest absolute Gasteiger partial charge is 0.367 e. The zero-order valence-electron chi connectivity index (χ0n) is 13.3. The molecule has 2 heterocycles. The van der Waals surface area contributed by atoms with Crippen LogP contribution >= 0.6 is 23.2 Å². The van der Waals surface area contributed by atoms with Gasteiger partial charge in [-0.2, -0.15) is 0 Å². The third kappa shape index (κ3) is 4.59. The van der Waals surface area contributed by atoms with Gasteiger partial charge in [0.2, 0.25) is 5.91 Å². The van der Waals surface area contributed by atoms with Crippen molar-refractivity contribution in [1.29, 1.82) is 0 Å². The summed E-state index contributed by atoms with van der Waals surface area (Å²) in [4.78, 5) is 20.6. The molecule has 25 heavy (non-hydrogen) atoms. The fraction of sp³-hybridized carbons (Fsp3) is 0.167. The summed E-state index contributed by atoms with van der Waals surface area (Å²) in [5, 5.41) is 7.88. The van der Waals surface area contributed by atoms with Gasteiger partial charge in [-0.1, -0.05) is 47.5 Å². The van der Waals surface area contributed by atoms with Gasteiger partial charge < -0.3 is 10.6 Å². The maximum absolute atomic E-state index is 12.2. The van der Waals surface area contributed by atoms with Crippen LogP contribution in [0, 0.1) is 0 Å². The first-order chi connectivity index (χ1) is 12.1. The van der Waals surface area contributed by atoms with E-state index in [2.05, 4.69) is 20.6 Å². The van der Waals surface area contributed by atoms with Gasteiger partial charge in [0, 0.05) is 30.9 Å². The molecular weight excluding hydrogens is 359 g/mol. The molecule has 5 nitrogen and oxygen atoms in total. The van der Waals surface area contributed by atoms with E-state index < -0.39 is 0 Å². The van der Waals surface area contributed by atoms with Crippen LogP contribution in [0.1, 0.15) is 5.56 Å². The fourth-order valence-corrected chi connectivity index (χ4v) is 2.92. The van der Waals surface area contributed by atoms with Crippen LogP contribution in [0.4, 0.5) is 5.82 Å². The topological polar surface area (TPSA) is 66.9 Å². The van der Waals surface area contributed by atoms with Crippen LogP contribution in [0.2, 0.25) is 10.0 Å². The van der Waals surface area contributed by atoms with Gasteiger partial charge >= 0.3 is 0 Å². The molecule has 0 spiro atoms. The Morgan fingerprint density at radius 3 is 2.76 bits per heavy atom. The van der Waals surface area contributed by atoms with Gasteiger partial charge in [-0.05, 0) is 17.7 Å². The van der Waals surface area contributed by atoms with Crippen molar-refractivity contribution in [3.8, 4) is 0 Å². The van der Waals surface area contributed by atoms with Crippen LogP contribution in [-0.2, 0) is 11.2 Å². The SMILES string of the molecule is O=C(Cc1cccc2cccnc12)NCCNc1ncc(Cl)cc1Cl. The molecular formula is C18H16Cl2N4O. The van der Waals surface area contributed by atoms with Crippen LogP contribution in [-0.4, -0.2) is 29.0 Å². The molecule has 0 saturated heterocycles. The van der Waals surface area contributed by atoms with E-state index >= 15 is 0 Å². The number of rotatable bonds is 6. The lowest BCUT2D eigenvalue weighted by atomic mass is 10.1. The van der Waals surface area contributed by atoms with Crippen LogP contribution in [0.25, 0.3) is 10.9 Å². The standard InChI is InChI=1S/C18H16Cl2N4O/c19-14-10-15(20)18(24-11-14)23-8-7-21-16(25)9-13-4-1-3-12-5-2-6-22-17(12)13/h1-6,10-11H,7-9H2,(H,21,25)(H,23,24). The number of pyridine rings is 2. The fourth-order valence-electron chi connectivity index (χ4n) is 2.47. The molecule has 0 fully saturated rings. The number of halogens is 2. The van der Waals surface area contributed by atoms with Crippen molar-refractivity contribution >= 4 is 45.8 Å². The zero-order chi connectivity index (χ0) is 17.6. The number of hydrogen-bond donors (Lipinski definition) is 2. The number of nitrogens with zero attached hydrogens (tertiary/aromatic N) is 2. The quantitative estimate of drug-likeness (QED) is 0.645. The second-order valence-electron chi connectivity index (χ2n) is 5.43. The van der Waals surface area contributed by atoms with E-state index in [9.17, 15) is 4.79 Å². The predicted octanol–water partition coefficient (Wildman–Crippen LogP) is 3.71. The summed E-state index contributed by atoms with van der Waals surface area (Å²) in [6.45, 7) is 0.964. The third-order valence-electron chi connectivity index (χ3n) is 3.61. The Morgan fingerprint density at radius 2 is 1.92 bits per heavy atom. The van der Waals surface area contributed by atoms with Gasteiger partial charge in [-0.3, -0.25) is 9.78 Å². The molecule has 2 aromatic heterocycles. The summed E-state index contributed by atoms with van der Waals surface area (Å²) in [5.41, 5.74) is 1.77. The van der Waals surface area contributed by atoms with E-state index in [0.29, 0.717) is 29.0 Å². The molecule has 1 aromatic carbocycles. The molecule has 0 bridgehead atoms. The molecule has 3 aromatic rings. The summed E-state index contributed by atoms with van der Waals surface area (Å²) in [7, 11) is 0. The van der Waals surface area contributed by atoms with Crippen molar-refractivity contribution in [3.63, 3.8) is 0 Å². The molecule has 0 aliphatic carbocycles. The number of amides is 1. The minimum atomic E-state index is -0.0601. The molecule has 0 unspecified atom stereocenters. The highest BCUT2D eigenvalue weighted by molar-refractivity contribution is 6.35. The molecule has 0 aliphatic rings.